The van der Waals surface area contributed by atoms with Crippen molar-refractivity contribution in [2.45, 2.75) is 6.04 Å². The van der Waals surface area contributed by atoms with Gasteiger partial charge < -0.3 is 10.8 Å². The molecule has 1 atom stereocenters. The Balaban J connectivity index is 3.32. The van der Waals surface area contributed by atoms with Crippen LogP contribution in [0.1, 0.15) is 11.6 Å². The molecule has 0 aliphatic rings. The van der Waals surface area contributed by atoms with Crippen molar-refractivity contribution in [2.75, 3.05) is 0 Å². The molecule has 4 heteroatoms. The fourth-order valence-corrected chi connectivity index (χ4v) is 1.92. The first-order valence-corrected chi connectivity index (χ1v) is 5.21. The first-order valence-electron chi connectivity index (χ1n) is 3.63. The maximum absolute atomic E-state index is 9.68. The van der Waals surface area contributed by atoms with E-state index in [1.807, 2.05) is 6.07 Å². The molecule has 0 bridgehead atoms. The zero-order chi connectivity index (χ0) is 10.0. The highest BCUT2D eigenvalue weighted by Gasteiger charge is 2.13. The molecule has 1 aromatic rings. The van der Waals surface area contributed by atoms with Crippen LogP contribution in [0.15, 0.2) is 33.7 Å². The van der Waals surface area contributed by atoms with Crippen LogP contribution in [0.5, 0.6) is 5.75 Å². The first-order chi connectivity index (χ1) is 6.07. The number of rotatable bonds is 2. The Morgan fingerprint density at radius 1 is 1.38 bits per heavy atom. The average molecular weight is 307 g/mol. The predicted octanol–water partition coefficient (Wildman–Crippen LogP) is 3.10. The fourth-order valence-electron chi connectivity index (χ4n) is 0.992. The van der Waals surface area contributed by atoms with Crippen LogP contribution in [0.2, 0.25) is 0 Å². The lowest BCUT2D eigenvalue weighted by Gasteiger charge is -2.12. The third-order valence-electron chi connectivity index (χ3n) is 1.70. The van der Waals surface area contributed by atoms with Crippen LogP contribution in [0.4, 0.5) is 0 Å². The number of phenolic OH excluding ortho intramolecular Hbond substituents is 1. The average Bonchev–Trinajstić information content (AvgIpc) is 2.12. The van der Waals surface area contributed by atoms with Crippen LogP contribution in [0.25, 0.3) is 0 Å². The molecular formula is C9H9Br2NO. The summed E-state index contributed by atoms with van der Waals surface area (Å²) in [5.41, 5.74) is 6.38. The van der Waals surface area contributed by atoms with Crippen molar-refractivity contribution in [3.05, 3.63) is 39.3 Å². The van der Waals surface area contributed by atoms with Crippen LogP contribution in [-0.2, 0) is 0 Å². The van der Waals surface area contributed by atoms with E-state index in [2.05, 4.69) is 38.4 Å². The second kappa shape index (κ2) is 4.26. The van der Waals surface area contributed by atoms with E-state index in [0.717, 1.165) is 4.47 Å². The second-order valence-corrected chi connectivity index (χ2v) is 4.26. The van der Waals surface area contributed by atoms with E-state index >= 15 is 0 Å². The van der Waals surface area contributed by atoms with Gasteiger partial charge in [-0.05, 0) is 28.1 Å². The van der Waals surface area contributed by atoms with Crippen molar-refractivity contribution < 1.29 is 5.11 Å². The summed E-state index contributed by atoms with van der Waals surface area (Å²) >= 11 is 6.53. The Kier molecular flexibility index (Phi) is 3.53. The summed E-state index contributed by atoms with van der Waals surface area (Å²) in [5, 5.41) is 9.68. The molecule has 2 nitrogen and oxygen atoms in total. The van der Waals surface area contributed by atoms with Crippen LogP contribution >= 0.6 is 31.9 Å². The molecular weight excluding hydrogens is 298 g/mol. The molecule has 0 aliphatic heterocycles. The van der Waals surface area contributed by atoms with E-state index in [4.69, 9.17) is 5.73 Å². The van der Waals surface area contributed by atoms with Gasteiger partial charge in [0, 0.05) is 10.0 Å². The maximum atomic E-state index is 9.68. The number of aromatic hydroxyl groups is 1. The van der Waals surface area contributed by atoms with Crippen molar-refractivity contribution in [2.24, 2.45) is 5.73 Å². The normalized spacial score (nSPS) is 12.5. The van der Waals surface area contributed by atoms with Gasteiger partial charge in [0.05, 0.1) is 10.5 Å². The van der Waals surface area contributed by atoms with Gasteiger partial charge in [0.15, 0.2) is 0 Å². The zero-order valence-corrected chi connectivity index (χ0v) is 9.97. The lowest BCUT2D eigenvalue weighted by molar-refractivity contribution is 0.462. The van der Waals surface area contributed by atoms with Crippen LogP contribution < -0.4 is 5.73 Å². The third-order valence-corrected chi connectivity index (χ3v) is 3.03. The van der Waals surface area contributed by atoms with E-state index < -0.39 is 0 Å². The molecule has 70 valence electrons. The molecule has 0 saturated carbocycles. The fraction of sp³-hybridized carbons (Fsp3) is 0.111. The van der Waals surface area contributed by atoms with Gasteiger partial charge in [-0.1, -0.05) is 22.0 Å². The maximum Gasteiger partial charge on any atom is 0.135 e. The molecule has 13 heavy (non-hydrogen) atoms. The minimum Gasteiger partial charge on any atom is -0.506 e. The lowest BCUT2D eigenvalue weighted by atomic mass is 10.1. The summed E-state index contributed by atoms with van der Waals surface area (Å²) in [4.78, 5) is 0. The van der Waals surface area contributed by atoms with Gasteiger partial charge in [-0.15, -0.1) is 6.58 Å². The summed E-state index contributed by atoms with van der Waals surface area (Å²) in [6.45, 7) is 3.58. The van der Waals surface area contributed by atoms with Crippen LogP contribution in [0.3, 0.4) is 0 Å². The Bertz CT molecular complexity index is 339. The minimum absolute atomic E-state index is 0.154. The number of phenols is 1. The minimum atomic E-state index is -0.369. The van der Waals surface area contributed by atoms with Gasteiger partial charge in [0.25, 0.3) is 0 Å². The van der Waals surface area contributed by atoms with E-state index in [-0.39, 0.29) is 11.8 Å². The van der Waals surface area contributed by atoms with Gasteiger partial charge in [0.2, 0.25) is 0 Å². The first kappa shape index (κ1) is 10.8. The number of hydrogen-bond donors (Lipinski definition) is 2. The highest BCUT2D eigenvalue weighted by Crippen LogP contribution is 2.36. The van der Waals surface area contributed by atoms with E-state index in [1.54, 1.807) is 12.1 Å². The highest BCUT2D eigenvalue weighted by molar-refractivity contribution is 9.11. The highest BCUT2D eigenvalue weighted by atomic mass is 79.9. The molecule has 3 N–H and O–H groups in total. The SMILES string of the molecule is C=C[C@H](N)c1c(Br)ccc(Br)c1O. The van der Waals surface area contributed by atoms with Crippen LogP contribution in [0, 0.1) is 0 Å². The molecule has 0 spiro atoms. The van der Waals surface area contributed by atoms with Gasteiger partial charge in [-0.3, -0.25) is 0 Å². The monoisotopic (exact) mass is 305 g/mol. The molecule has 0 heterocycles. The summed E-state index contributed by atoms with van der Waals surface area (Å²) < 4.78 is 1.41. The van der Waals surface area contributed by atoms with Crippen molar-refractivity contribution in [3.8, 4) is 5.75 Å². The third kappa shape index (κ3) is 2.13. The summed E-state index contributed by atoms with van der Waals surface area (Å²) in [5.74, 6) is 0.154. The number of nitrogens with two attached hydrogens (primary N) is 1. The zero-order valence-electron chi connectivity index (χ0n) is 6.80. The summed E-state index contributed by atoms with van der Waals surface area (Å²) in [7, 11) is 0. The molecule has 0 aromatic heterocycles. The van der Waals surface area contributed by atoms with Crippen molar-refractivity contribution in [3.63, 3.8) is 0 Å². The molecule has 0 amide bonds. The molecule has 1 aromatic carbocycles. The van der Waals surface area contributed by atoms with Crippen molar-refractivity contribution in [1.82, 2.24) is 0 Å². The van der Waals surface area contributed by atoms with Gasteiger partial charge in [0.1, 0.15) is 5.75 Å². The Morgan fingerprint density at radius 3 is 2.46 bits per heavy atom. The smallest absolute Gasteiger partial charge is 0.135 e. The van der Waals surface area contributed by atoms with E-state index in [9.17, 15) is 5.11 Å². The summed E-state index contributed by atoms with van der Waals surface area (Å²) in [6.07, 6.45) is 1.58. The van der Waals surface area contributed by atoms with Crippen molar-refractivity contribution >= 4 is 31.9 Å². The molecule has 0 radical (unpaired) electrons. The van der Waals surface area contributed by atoms with E-state index in [0.29, 0.717) is 10.0 Å². The Hall–Kier alpha value is -0.320. The molecule has 1 rings (SSSR count). The van der Waals surface area contributed by atoms with Gasteiger partial charge >= 0.3 is 0 Å². The largest absolute Gasteiger partial charge is 0.506 e. The standard InChI is InChI=1S/C9H9Br2NO/c1-2-7(12)8-5(10)3-4-6(11)9(8)13/h2-4,7,13H,1,12H2/t7-/m0/s1. The Morgan fingerprint density at radius 2 is 1.92 bits per heavy atom. The topological polar surface area (TPSA) is 46.2 Å². The van der Waals surface area contributed by atoms with E-state index in [1.165, 1.54) is 0 Å². The van der Waals surface area contributed by atoms with Crippen LogP contribution in [-0.4, -0.2) is 5.11 Å². The molecule has 0 aliphatic carbocycles. The number of hydrogen-bond acceptors (Lipinski definition) is 2. The lowest BCUT2D eigenvalue weighted by Crippen LogP contribution is -2.07. The van der Waals surface area contributed by atoms with Gasteiger partial charge in [-0.2, -0.15) is 0 Å². The molecule has 0 saturated heterocycles. The van der Waals surface area contributed by atoms with Gasteiger partial charge in [-0.25, -0.2) is 0 Å². The number of halogens is 2. The number of benzene rings is 1. The Labute approximate surface area is 93.7 Å². The molecule has 0 fully saturated rings. The summed E-state index contributed by atoms with van der Waals surface area (Å²) in [6, 6.07) is 3.20. The quantitative estimate of drug-likeness (QED) is 0.825. The van der Waals surface area contributed by atoms with Crippen molar-refractivity contribution in [1.29, 1.82) is 0 Å². The predicted molar refractivity (Wildman–Crippen MR) is 60.6 cm³/mol. The molecule has 0 unspecified atom stereocenters. The second-order valence-electron chi connectivity index (χ2n) is 2.55.